The number of anilines is 1. The van der Waals surface area contributed by atoms with Gasteiger partial charge in [0.15, 0.2) is 6.19 Å². The molecule has 5 heteroatoms. The van der Waals surface area contributed by atoms with E-state index < -0.39 is 0 Å². The summed E-state index contributed by atoms with van der Waals surface area (Å²) >= 11 is 1.63. The summed E-state index contributed by atoms with van der Waals surface area (Å²) in [4.78, 5) is 7.37. The fourth-order valence-corrected chi connectivity index (χ4v) is 3.54. The molecule has 1 aliphatic heterocycles. The van der Waals surface area contributed by atoms with E-state index in [-0.39, 0.29) is 6.04 Å². The van der Waals surface area contributed by atoms with E-state index in [2.05, 4.69) is 11.2 Å². The van der Waals surface area contributed by atoms with E-state index in [9.17, 15) is 0 Å². The molecule has 2 N–H and O–H groups in total. The van der Waals surface area contributed by atoms with Gasteiger partial charge in [-0.05, 0) is 18.9 Å². The minimum atomic E-state index is 0.147. The zero-order chi connectivity index (χ0) is 13.2. The summed E-state index contributed by atoms with van der Waals surface area (Å²) in [6.45, 7) is 0.837. The van der Waals surface area contributed by atoms with Crippen molar-refractivity contribution in [3.8, 4) is 16.6 Å². The van der Waals surface area contributed by atoms with Crippen molar-refractivity contribution < 1.29 is 0 Å². The van der Waals surface area contributed by atoms with Gasteiger partial charge in [-0.15, -0.1) is 11.3 Å². The van der Waals surface area contributed by atoms with Crippen molar-refractivity contribution in [2.75, 3.05) is 12.3 Å². The quantitative estimate of drug-likeness (QED) is 0.673. The van der Waals surface area contributed by atoms with Crippen LogP contribution in [0.2, 0.25) is 0 Å². The second-order valence-electron chi connectivity index (χ2n) is 4.60. The monoisotopic (exact) mass is 270 g/mol. The topological polar surface area (TPSA) is 65.9 Å². The SMILES string of the molecule is N#CN1CCCC1c1ncc(-c2ccccc2N)s1. The Labute approximate surface area is 116 Å². The molecule has 4 nitrogen and oxygen atoms in total. The third-order valence-electron chi connectivity index (χ3n) is 3.42. The number of nitrogens with zero attached hydrogens (tertiary/aromatic N) is 3. The average Bonchev–Trinajstić information content (AvgIpc) is 3.07. The maximum atomic E-state index is 9.10. The lowest BCUT2D eigenvalue weighted by Gasteiger charge is -2.14. The molecule has 3 rings (SSSR count). The third kappa shape index (κ3) is 2.15. The minimum Gasteiger partial charge on any atom is -0.398 e. The molecule has 1 fully saturated rings. The lowest BCUT2D eigenvalue weighted by Crippen LogP contribution is -2.16. The van der Waals surface area contributed by atoms with E-state index in [1.807, 2.05) is 35.4 Å². The van der Waals surface area contributed by atoms with E-state index in [4.69, 9.17) is 11.0 Å². The van der Waals surface area contributed by atoms with E-state index in [0.29, 0.717) is 0 Å². The molecule has 1 atom stereocenters. The van der Waals surface area contributed by atoms with E-state index in [0.717, 1.165) is 40.5 Å². The van der Waals surface area contributed by atoms with Crippen LogP contribution in [0.3, 0.4) is 0 Å². The molecule has 1 unspecified atom stereocenters. The van der Waals surface area contributed by atoms with Gasteiger partial charge in [0.1, 0.15) is 5.01 Å². The largest absolute Gasteiger partial charge is 0.398 e. The fraction of sp³-hybridized carbons (Fsp3) is 0.286. The van der Waals surface area contributed by atoms with Crippen LogP contribution in [0.4, 0.5) is 5.69 Å². The molecule has 2 aromatic rings. The van der Waals surface area contributed by atoms with Crippen LogP contribution in [-0.4, -0.2) is 16.4 Å². The zero-order valence-electron chi connectivity index (χ0n) is 10.4. The van der Waals surface area contributed by atoms with Gasteiger partial charge >= 0.3 is 0 Å². The van der Waals surface area contributed by atoms with Gasteiger partial charge in [-0.3, -0.25) is 0 Å². The number of hydrogen-bond acceptors (Lipinski definition) is 5. The highest BCUT2D eigenvalue weighted by Crippen LogP contribution is 2.37. The Morgan fingerprint density at radius 2 is 2.26 bits per heavy atom. The number of nitrogens with two attached hydrogens (primary N) is 1. The molecule has 96 valence electrons. The van der Waals surface area contributed by atoms with Gasteiger partial charge < -0.3 is 10.6 Å². The molecule has 19 heavy (non-hydrogen) atoms. The molecule has 0 saturated carbocycles. The van der Waals surface area contributed by atoms with Crippen molar-refractivity contribution in [1.82, 2.24) is 9.88 Å². The van der Waals surface area contributed by atoms with Gasteiger partial charge in [-0.1, -0.05) is 18.2 Å². The summed E-state index contributed by atoms with van der Waals surface area (Å²) in [6.07, 6.45) is 6.17. The molecule has 0 radical (unpaired) electrons. The first kappa shape index (κ1) is 12.0. The van der Waals surface area contributed by atoms with Crippen molar-refractivity contribution in [2.24, 2.45) is 0 Å². The highest BCUT2D eigenvalue weighted by Gasteiger charge is 2.27. The van der Waals surface area contributed by atoms with Crippen LogP contribution in [0, 0.1) is 11.5 Å². The standard InChI is InChI=1S/C14H14N4S/c15-9-18-7-3-6-12(18)14-17-8-13(19-14)10-4-1-2-5-11(10)16/h1-2,4-5,8,12H,3,6-7,16H2. The molecule has 1 aromatic heterocycles. The number of nitrogen functional groups attached to an aromatic ring is 1. The van der Waals surface area contributed by atoms with Crippen molar-refractivity contribution in [1.29, 1.82) is 5.26 Å². The molecule has 0 spiro atoms. The number of hydrogen-bond donors (Lipinski definition) is 1. The zero-order valence-corrected chi connectivity index (χ0v) is 11.2. The van der Waals surface area contributed by atoms with Gasteiger partial charge in [0.25, 0.3) is 0 Å². The molecule has 2 heterocycles. The molecule has 1 aromatic carbocycles. The van der Waals surface area contributed by atoms with Crippen LogP contribution in [-0.2, 0) is 0 Å². The molecule has 1 saturated heterocycles. The number of thiazole rings is 1. The Kier molecular flexibility index (Phi) is 3.10. The summed E-state index contributed by atoms with van der Waals surface area (Å²) in [6, 6.07) is 7.95. The Morgan fingerprint density at radius 3 is 3.05 bits per heavy atom. The van der Waals surface area contributed by atoms with Crippen LogP contribution >= 0.6 is 11.3 Å². The van der Waals surface area contributed by atoms with E-state index in [1.165, 1.54) is 0 Å². The van der Waals surface area contributed by atoms with Crippen molar-refractivity contribution >= 4 is 17.0 Å². The number of rotatable bonds is 2. The number of benzene rings is 1. The van der Waals surface area contributed by atoms with Gasteiger partial charge in [0.05, 0.1) is 10.9 Å². The Bertz CT molecular complexity index is 628. The molecule has 0 bridgehead atoms. The summed E-state index contributed by atoms with van der Waals surface area (Å²) in [7, 11) is 0. The van der Waals surface area contributed by atoms with E-state index >= 15 is 0 Å². The second-order valence-corrected chi connectivity index (χ2v) is 5.66. The van der Waals surface area contributed by atoms with Gasteiger partial charge in [0.2, 0.25) is 0 Å². The Balaban J connectivity index is 1.92. The second kappa shape index (κ2) is 4.90. The normalized spacial score (nSPS) is 18.5. The number of likely N-dealkylation sites (tertiary alicyclic amines) is 1. The van der Waals surface area contributed by atoms with Crippen LogP contribution in [0.15, 0.2) is 30.5 Å². The molecular formula is C14H14N4S. The van der Waals surface area contributed by atoms with Crippen molar-refractivity contribution in [3.05, 3.63) is 35.5 Å². The van der Waals surface area contributed by atoms with Crippen LogP contribution in [0.1, 0.15) is 23.9 Å². The lowest BCUT2D eigenvalue weighted by molar-refractivity contribution is 0.373. The fourth-order valence-electron chi connectivity index (χ4n) is 2.43. The van der Waals surface area contributed by atoms with Crippen molar-refractivity contribution in [3.63, 3.8) is 0 Å². The van der Waals surface area contributed by atoms with Gasteiger partial charge in [-0.2, -0.15) is 5.26 Å². The highest BCUT2D eigenvalue weighted by atomic mass is 32.1. The maximum Gasteiger partial charge on any atom is 0.179 e. The average molecular weight is 270 g/mol. The summed E-state index contributed by atoms with van der Waals surface area (Å²) in [5.41, 5.74) is 7.77. The van der Waals surface area contributed by atoms with Crippen LogP contribution in [0.5, 0.6) is 0 Å². The first-order valence-electron chi connectivity index (χ1n) is 6.26. The number of aromatic nitrogens is 1. The predicted octanol–water partition coefficient (Wildman–Crippen LogP) is 3.01. The highest BCUT2D eigenvalue weighted by molar-refractivity contribution is 7.15. The lowest BCUT2D eigenvalue weighted by atomic mass is 10.1. The van der Waals surface area contributed by atoms with Crippen molar-refractivity contribution in [2.45, 2.75) is 18.9 Å². The molecular weight excluding hydrogens is 256 g/mol. The van der Waals surface area contributed by atoms with Crippen LogP contribution in [0.25, 0.3) is 10.4 Å². The summed E-state index contributed by atoms with van der Waals surface area (Å²) in [5, 5.41) is 10.1. The smallest absolute Gasteiger partial charge is 0.179 e. The van der Waals surface area contributed by atoms with Crippen LogP contribution < -0.4 is 5.73 Å². The molecule has 1 aliphatic rings. The number of para-hydroxylation sites is 1. The number of nitriles is 1. The first-order chi connectivity index (χ1) is 9.29. The Morgan fingerprint density at radius 1 is 1.42 bits per heavy atom. The summed E-state index contributed by atoms with van der Waals surface area (Å²) < 4.78 is 0. The Hall–Kier alpha value is -2.06. The third-order valence-corrected chi connectivity index (χ3v) is 4.55. The van der Waals surface area contributed by atoms with Gasteiger partial charge in [-0.25, -0.2) is 4.98 Å². The van der Waals surface area contributed by atoms with E-state index in [1.54, 1.807) is 11.3 Å². The predicted molar refractivity (Wildman–Crippen MR) is 76.3 cm³/mol. The minimum absolute atomic E-state index is 0.147. The first-order valence-corrected chi connectivity index (χ1v) is 7.08. The molecule has 0 aliphatic carbocycles. The van der Waals surface area contributed by atoms with Gasteiger partial charge in [0, 0.05) is 24.0 Å². The molecule has 0 amide bonds. The maximum absolute atomic E-state index is 9.10. The summed E-state index contributed by atoms with van der Waals surface area (Å²) in [5.74, 6) is 0.